The number of nitrogens with zero attached hydrogens (tertiary/aromatic N) is 5. The van der Waals surface area contributed by atoms with E-state index in [1.807, 2.05) is 63.4 Å². The second-order valence-corrected chi connectivity index (χ2v) is 7.51. The van der Waals surface area contributed by atoms with Crippen molar-refractivity contribution in [3.05, 3.63) is 77.0 Å². The number of nitrogens with one attached hydrogen (secondary N) is 1. The van der Waals surface area contributed by atoms with Crippen LogP contribution in [0.15, 0.2) is 48.8 Å². The Morgan fingerprint density at radius 3 is 2.47 bits per heavy atom. The number of hydrogen-bond donors (Lipinski definition) is 1. The standard InChI is InChI=1S/C24H26N6O2/c1-15-6-9-23(26-14-15)30-24(16(2)17(3)29-30)28-21-10-11-25-22(27-21)13-18-7-8-19(31-4)20(12-18)32-5/h6-12,14H,13H2,1-5H3,(H,25,27,28). The number of hydrogen-bond acceptors (Lipinski definition) is 7. The molecular weight excluding hydrogens is 404 g/mol. The van der Waals surface area contributed by atoms with E-state index in [1.54, 1.807) is 25.1 Å². The first-order chi connectivity index (χ1) is 15.5. The lowest BCUT2D eigenvalue weighted by molar-refractivity contribution is 0.354. The summed E-state index contributed by atoms with van der Waals surface area (Å²) in [6.45, 7) is 6.02. The monoisotopic (exact) mass is 430 g/mol. The Balaban J connectivity index is 1.61. The third kappa shape index (κ3) is 4.39. The van der Waals surface area contributed by atoms with Gasteiger partial charge < -0.3 is 14.8 Å². The van der Waals surface area contributed by atoms with Crippen LogP contribution in [0.4, 0.5) is 11.6 Å². The molecule has 0 saturated carbocycles. The van der Waals surface area contributed by atoms with Crippen molar-refractivity contribution in [2.24, 2.45) is 0 Å². The van der Waals surface area contributed by atoms with E-state index in [1.165, 1.54) is 0 Å². The first kappa shape index (κ1) is 21.3. The number of benzene rings is 1. The third-order valence-electron chi connectivity index (χ3n) is 5.23. The van der Waals surface area contributed by atoms with Gasteiger partial charge in [-0.05, 0) is 56.2 Å². The van der Waals surface area contributed by atoms with Crippen LogP contribution < -0.4 is 14.8 Å². The normalized spacial score (nSPS) is 10.8. The van der Waals surface area contributed by atoms with Crippen molar-refractivity contribution in [1.29, 1.82) is 0 Å². The largest absolute Gasteiger partial charge is 0.493 e. The molecule has 4 aromatic rings. The average Bonchev–Trinajstić information content (AvgIpc) is 3.08. The van der Waals surface area contributed by atoms with Gasteiger partial charge in [-0.2, -0.15) is 9.78 Å². The number of pyridine rings is 1. The highest BCUT2D eigenvalue weighted by molar-refractivity contribution is 5.59. The molecule has 0 amide bonds. The number of methoxy groups -OCH3 is 2. The molecule has 1 N–H and O–H groups in total. The van der Waals surface area contributed by atoms with Crippen LogP contribution >= 0.6 is 0 Å². The van der Waals surface area contributed by atoms with Crippen LogP contribution in [0.3, 0.4) is 0 Å². The zero-order valence-electron chi connectivity index (χ0n) is 18.9. The molecule has 4 rings (SSSR count). The smallest absolute Gasteiger partial charge is 0.161 e. The van der Waals surface area contributed by atoms with Crippen molar-refractivity contribution >= 4 is 11.6 Å². The highest BCUT2D eigenvalue weighted by Gasteiger charge is 2.15. The molecular formula is C24H26N6O2. The number of rotatable bonds is 7. The van der Waals surface area contributed by atoms with Crippen molar-refractivity contribution in [2.45, 2.75) is 27.2 Å². The Bertz CT molecular complexity index is 1230. The summed E-state index contributed by atoms with van der Waals surface area (Å²) in [5.74, 6) is 4.32. The van der Waals surface area contributed by atoms with Crippen molar-refractivity contribution in [2.75, 3.05) is 19.5 Å². The molecule has 0 atom stereocenters. The summed E-state index contributed by atoms with van der Waals surface area (Å²) in [5.41, 5.74) is 4.09. The van der Waals surface area contributed by atoms with Crippen LogP contribution in [-0.2, 0) is 6.42 Å². The summed E-state index contributed by atoms with van der Waals surface area (Å²) in [7, 11) is 3.25. The van der Waals surface area contributed by atoms with Crippen molar-refractivity contribution in [1.82, 2.24) is 24.7 Å². The molecule has 3 heterocycles. The van der Waals surface area contributed by atoms with Crippen molar-refractivity contribution in [3.63, 3.8) is 0 Å². The van der Waals surface area contributed by atoms with E-state index in [9.17, 15) is 0 Å². The number of anilines is 2. The molecule has 0 saturated heterocycles. The summed E-state index contributed by atoms with van der Waals surface area (Å²) < 4.78 is 12.5. The van der Waals surface area contributed by atoms with E-state index < -0.39 is 0 Å². The third-order valence-corrected chi connectivity index (χ3v) is 5.23. The maximum atomic E-state index is 5.40. The maximum absolute atomic E-state index is 5.40. The fourth-order valence-corrected chi connectivity index (χ4v) is 3.35. The first-order valence-corrected chi connectivity index (χ1v) is 10.3. The molecule has 3 aromatic heterocycles. The molecule has 164 valence electrons. The predicted molar refractivity (Wildman–Crippen MR) is 123 cm³/mol. The van der Waals surface area contributed by atoms with Gasteiger partial charge in [0.2, 0.25) is 0 Å². The molecule has 0 bridgehead atoms. The van der Waals surface area contributed by atoms with Crippen LogP contribution in [0.5, 0.6) is 11.5 Å². The van der Waals surface area contributed by atoms with E-state index in [0.717, 1.165) is 34.0 Å². The van der Waals surface area contributed by atoms with Gasteiger partial charge in [-0.1, -0.05) is 12.1 Å². The van der Waals surface area contributed by atoms with E-state index in [2.05, 4.69) is 20.4 Å². The summed E-state index contributed by atoms with van der Waals surface area (Å²) in [6, 6.07) is 11.6. The van der Waals surface area contributed by atoms with E-state index >= 15 is 0 Å². The van der Waals surface area contributed by atoms with E-state index in [-0.39, 0.29) is 0 Å². The SMILES string of the molecule is COc1ccc(Cc2nccc(Nc3c(C)c(C)nn3-c3ccc(C)cn3)n2)cc1OC. The van der Waals surface area contributed by atoms with Crippen LogP contribution in [0, 0.1) is 20.8 Å². The Labute approximate surface area is 187 Å². The predicted octanol–water partition coefficient (Wildman–Crippen LogP) is 4.33. The maximum Gasteiger partial charge on any atom is 0.161 e. The average molecular weight is 431 g/mol. The van der Waals surface area contributed by atoms with Gasteiger partial charge in [-0.15, -0.1) is 0 Å². The molecule has 32 heavy (non-hydrogen) atoms. The minimum Gasteiger partial charge on any atom is -0.493 e. The van der Waals surface area contributed by atoms with Gasteiger partial charge in [0.1, 0.15) is 17.5 Å². The number of aryl methyl sites for hydroxylation is 2. The second-order valence-electron chi connectivity index (χ2n) is 7.51. The molecule has 1 aromatic carbocycles. The molecule has 0 aliphatic heterocycles. The van der Waals surface area contributed by atoms with Gasteiger partial charge >= 0.3 is 0 Å². The van der Waals surface area contributed by atoms with Crippen LogP contribution in [0.2, 0.25) is 0 Å². The molecule has 0 aliphatic carbocycles. The second kappa shape index (κ2) is 9.05. The van der Waals surface area contributed by atoms with Crippen molar-refractivity contribution < 1.29 is 9.47 Å². The first-order valence-electron chi connectivity index (χ1n) is 10.3. The summed E-state index contributed by atoms with van der Waals surface area (Å²) in [4.78, 5) is 13.7. The highest BCUT2D eigenvalue weighted by atomic mass is 16.5. The van der Waals surface area contributed by atoms with E-state index in [4.69, 9.17) is 14.5 Å². The van der Waals surface area contributed by atoms with Crippen LogP contribution in [0.25, 0.3) is 5.82 Å². The van der Waals surface area contributed by atoms with Gasteiger partial charge in [0.25, 0.3) is 0 Å². The minimum atomic E-state index is 0.562. The van der Waals surface area contributed by atoms with Gasteiger partial charge in [0.05, 0.1) is 19.9 Å². The molecule has 8 nitrogen and oxygen atoms in total. The highest BCUT2D eigenvalue weighted by Crippen LogP contribution is 2.29. The summed E-state index contributed by atoms with van der Waals surface area (Å²) >= 11 is 0. The Morgan fingerprint density at radius 1 is 0.938 bits per heavy atom. The molecule has 0 aliphatic rings. The van der Waals surface area contributed by atoms with Crippen LogP contribution in [0.1, 0.15) is 28.2 Å². The van der Waals surface area contributed by atoms with Gasteiger partial charge in [-0.25, -0.2) is 15.0 Å². The van der Waals surface area contributed by atoms with Gasteiger partial charge in [-0.3, -0.25) is 0 Å². The lowest BCUT2D eigenvalue weighted by Gasteiger charge is -2.11. The number of ether oxygens (including phenoxy) is 2. The fraction of sp³-hybridized carbons (Fsp3) is 0.250. The van der Waals surface area contributed by atoms with Crippen LogP contribution in [-0.4, -0.2) is 39.0 Å². The zero-order chi connectivity index (χ0) is 22.7. The molecule has 0 radical (unpaired) electrons. The summed E-state index contributed by atoms with van der Waals surface area (Å²) in [6.07, 6.45) is 4.14. The minimum absolute atomic E-state index is 0.562. The Morgan fingerprint density at radius 2 is 1.75 bits per heavy atom. The molecule has 8 heteroatoms. The Kier molecular flexibility index (Phi) is 6.02. The fourth-order valence-electron chi connectivity index (χ4n) is 3.35. The molecule has 0 unspecified atom stereocenters. The lowest BCUT2D eigenvalue weighted by Crippen LogP contribution is -2.07. The number of aromatic nitrogens is 5. The van der Waals surface area contributed by atoms with Crippen molar-refractivity contribution in [3.8, 4) is 17.3 Å². The molecule has 0 spiro atoms. The topological polar surface area (TPSA) is 87.0 Å². The molecule has 0 fully saturated rings. The van der Waals surface area contributed by atoms with Gasteiger partial charge in [0.15, 0.2) is 17.3 Å². The Hall–Kier alpha value is -3.94. The lowest BCUT2D eigenvalue weighted by atomic mass is 10.1. The quantitative estimate of drug-likeness (QED) is 0.467. The summed E-state index contributed by atoms with van der Waals surface area (Å²) in [5, 5.41) is 8.06. The zero-order valence-corrected chi connectivity index (χ0v) is 18.9. The van der Waals surface area contributed by atoms with Gasteiger partial charge in [0, 0.05) is 24.4 Å². The van der Waals surface area contributed by atoms with E-state index in [0.29, 0.717) is 29.6 Å².